The van der Waals surface area contributed by atoms with Gasteiger partial charge in [-0.3, -0.25) is 15.5 Å². The van der Waals surface area contributed by atoms with Crippen LogP contribution in [0.3, 0.4) is 0 Å². The number of aromatic nitrogens is 1. The molecule has 0 unspecified atom stereocenters. The van der Waals surface area contributed by atoms with Crippen molar-refractivity contribution in [2.75, 3.05) is 12.0 Å². The average Bonchev–Trinajstić information content (AvgIpc) is 2.75. The Morgan fingerprint density at radius 3 is 2.67 bits per heavy atom. The number of anilines is 1. The molecule has 0 aliphatic rings. The number of nitro groups is 1. The summed E-state index contributed by atoms with van der Waals surface area (Å²) in [5.74, 6) is 1.29. The number of hydrogen-bond donors (Lipinski definition) is 1. The van der Waals surface area contributed by atoms with Gasteiger partial charge in [0, 0.05) is 12.3 Å². The fourth-order valence-electron chi connectivity index (χ4n) is 2.64. The van der Waals surface area contributed by atoms with Crippen molar-refractivity contribution in [1.82, 2.24) is 4.98 Å². The van der Waals surface area contributed by atoms with Gasteiger partial charge in [-0.1, -0.05) is 29.8 Å². The third-order valence-electron chi connectivity index (χ3n) is 4.15. The Kier molecular flexibility index (Phi) is 6.94. The molecule has 154 valence electrons. The number of hydrazone groups is 1. The summed E-state index contributed by atoms with van der Waals surface area (Å²) < 4.78 is 11.6. The smallest absolute Gasteiger partial charge is 0.313 e. The van der Waals surface area contributed by atoms with Crippen molar-refractivity contribution in [2.45, 2.75) is 20.5 Å². The molecule has 0 fully saturated rings. The van der Waals surface area contributed by atoms with Gasteiger partial charge in [-0.05, 0) is 49.2 Å². The lowest BCUT2D eigenvalue weighted by molar-refractivity contribution is -0.384. The second kappa shape index (κ2) is 10.0. The molecule has 0 bridgehead atoms. The zero-order valence-electron chi connectivity index (χ0n) is 16.7. The first-order valence-electron chi connectivity index (χ1n) is 9.40. The molecule has 3 aromatic rings. The summed E-state index contributed by atoms with van der Waals surface area (Å²) in [6.45, 7) is 4.85. The van der Waals surface area contributed by atoms with Crippen LogP contribution in [0.25, 0.3) is 0 Å². The van der Waals surface area contributed by atoms with Gasteiger partial charge in [-0.25, -0.2) is 4.98 Å². The molecule has 8 nitrogen and oxygen atoms in total. The maximum absolute atomic E-state index is 11.0. The zero-order chi connectivity index (χ0) is 21.3. The second-order valence-corrected chi connectivity index (χ2v) is 6.41. The minimum absolute atomic E-state index is 0.0711. The van der Waals surface area contributed by atoms with Crippen molar-refractivity contribution in [3.05, 3.63) is 87.6 Å². The van der Waals surface area contributed by atoms with Crippen LogP contribution in [0.5, 0.6) is 11.5 Å². The number of nitrogens with one attached hydrogen (secondary N) is 1. The van der Waals surface area contributed by atoms with Crippen LogP contribution in [0.2, 0.25) is 0 Å². The Morgan fingerprint density at radius 1 is 1.13 bits per heavy atom. The Hall–Kier alpha value is -3.94. The summed E-state index contributed by atoms with van der Waals surface area (Å²) in [6, 6.07) is 16.4. The first kappa shape index (κ1) is 20.8. The van der Waals surface area contributed by atoms with Gasteiger partial charge in [0.2, 0.25) is 5.82 Å². The van der Waals surface area contributed by atoms with E-state index >= 15 is 0 Å². The Balaban J connectivity index is 1.70. The number of rotatable bonds is 9. The quantitative estimate of drug-likeness (QED) is 0.314. The maximum atomic E-state index is 11.0. The number of benzene rings is 2. The third-order valence-corrected chi connectivity index (χ3v) is 4.15. The van der Waals surface area contributed by atoms with Crippen LogP contribution in [0.1, 0.15) is 23.6 Å². The third kappa shape index (κ3) is 5.54. The number of nitrogens with zero attached hydrogens (tertiary/aromatic N) is 3. The van der Waals surface area contributed by atoms with Gasteiger partial charge in [0.15, 0.2) is 11.5 Å². The van der Waals surface area contributed by atoms with Crippen LogP contribution >= 0.6 is 0 Å². The van der Waals surface area contributed by atoms with Crippen LogP contribution in [0.15, 0.2) is 65.9 Å². The zero-order valence-corrected chi connectivity index (χ0v) is 16.7. The molecule has 0 aliphatic carbocycles. The number of pyridine rings is 1. The molecule has 3 rings (SSSR count). The highest BCUT2D eigenvalue weighted by molar-refractivity contribution is 5.81. The van der Waals surface area contributed by atoms with E-state index in [0.29, 0.717) is 24.7 Å². The largest absolute Gasteiger partial charge is 0.490 e. The lowest BCUT2D eigenvalue weighted by Crippen LogP contribution is -2.01. The van der Waals surface area contributed by atoms with Gasteiger partial charge in [0.1, 0.15) is 6.61 Å². The van der Waals surface area contributed by atoms with Crippen molar-refractivity contribution >= 4 is 17.7 Å². The Morgan fingerprint density at radius 2 is 1.93 bits per heavy atom. The van der Waals surface area contributed by atoms with Crippen molar-refractivity contribution in [1.29, 1.82) is 0 Å². The maximum Gasteiger partial charge on any atom is 0.313 e. The molecule has 1 heterocycles. The molecule has 2 aromatic carbocycles. The number of aryl methyl sites for hydroxylation is 1. The van der Waals surface area contributed by atoms with Gasteiger partial charge < -0.3 is 9.47 Å². The van der Waals surface area contributed by atoms with Crippen LogP contribution in [-0.2, 0) is 6.61 Å². The molecule has 30 heavy (non-hydrogen) atoms. The van der Waals surface area contributed by atoms with E-state index in [9.17, 15) is 10.1 Å². The fourth-order valence-corrected chi connectivity index (χ4v) is 2.64. The first-order valence-corrected chi connectivity index (χ1v) is 9.40. The molecule has 0 saturated carbocycles. The molecule has 0 radical (unpaired) electrons. The first-order chi connectivity index (χ1) is 14.6. The number of ether oxygens (including phenoxy) is 2. The molecule has 0 saturated heterocycles. The Labute approximate surface area is 174 Å². The highest BCUT2D eigenvalue weighted by Gasteiger charge is 2.13. The van der Waals surface area contributed by atoms with E-state index < -0.39 is 4.92 Å². The molecule has 1 N–H and O–H groups in total. The lowest BCUT2D eigenvalue weighted by Gasteiger charge is -2.12. The summed E-state index contributed by atoms with van der Waals surface area (Å²) in [5.41, 5.74) is 5.46. The van der Waals surface area contributed by atoms with Crippen LogP contribution in [-0.4, -0.2) is 22.7 Å². The minimum atomic E-state index is -0.516. The van der Waals surface area contributed by atoms with E-state index in [-0.39, 0.29) is 11.5 Å². The van der Waals surface area contributed by atoms with Gasteiger partial charge in [0.25, 0.3) is 0 Å². The summed E-state index contributed by atoms with van der Waals surface area (Å²) in [5, 5.41) is 15.1. The van der Waals surface area contributed by atoms with E-state index in [1.165, 1.54) is 30.1 Å². The monoisotopic (exact) mass is 406 g/mol. The van der Waals surface area contributed by atoms with E-state index in [4.69, 9.17) is 9.47 Å². The second-order valence-electron chi connectivity index (χ2n) is 6.41. The van der Waals surface area contributed by atoms with E-state index in [1.807, 2.05) is 50.2 Å². The average molecular weight is 406 g/mol. The predicted octanol–water partition coefficient (Wildman–Crippen LogP) is 4.72. The minimum Gasteiger partial charge on any atom is -0.490 e. The predicted molar refractivity (Wildman–Crippen MR) is 115 cm³/mol. The molecule has 0 amide bonds. The Bertz CT molecular complexity index is 1040. The van der Waals surface area contributed by atoms with Crippen LogP contribution in [0.4, 0.5) is 11.5 Å². The molecule has 0 aliphatic heterocycles. The van der Waals surface area contributed by atoms with Gasteiger partial charge in [-0.2, -0.15) is 5.10 Å². The standard InChI is InChI=1S/C22H22N4O4/c1-3-29-21-13-18(14-24-25-22-19(26(27)28)5-4-12-23-22)10-11-20(21)30-15-17-8-6-16(2)7-9-17/h4-14H,3,15H2,1-2H3,(H,23,25)/b24-14-. The van der Waals surface area contributed by atoms with Crippen molar-refractivity contribution in [2.24, 2.45) is 5.10 Å². The molecule has 8 heteroatoms. The molecular weight excluding hydrogens is 384 g/mol. The number of hydrogen-bond acceptors (Lipinski definition) is 7. The summed E-state index contributed by atoms with van der Waals surface area (Å²) >= 11 is 0. The summed E-state index contributed by atoms with van der Waals surface area (Å²) in [6.07, 6.45) is 2.99. The highest BCUT2D eigenvalue weighted by Crippen LogP contribution is 2.29. The molecular formula is C22H22N4O4. The fraction of sp³-hybridized carbons (Fsp3) is 0.182. The van der Waals surface area contributed by atoms with E-state index in [2.05, 4.69) is 15.5 Å². The lowest BCUT2D eigenvalue weighted by atomic mass is 10.2. The molecule has 0 spiro atoms. The highest BCUT2D eigenvalue weighted by atomic mass is 16.6. The van der Waals surface area contributed by atoms with Gasteiger partial charge in [-0.15, -0.1) is 0 Å². The summed E-state index contributed by atoms with van der Waals surface area (Å²) in [4.78, 5) is 14.5. The topological polar surface area (TPSA) is 98.9 Å². The van der Waals surface area contributed by atoms with Crippen molar-refractivity contribution < 1.29 is 14.4 Å². The normalized spacial score (nSPS) is 10.7. The summed E-state index contributed by atoms with van der Waals surface area (Å²) in [7, 11) is 0. The van der Waals surface area contributed by atoms with Gasteiger partial charge >= 0.3 is 5.69 Å². The molecule has 1 aromatic heterocycles. The van der Waals surface area contributed by atoms with E-state index in [1.54, 1.807) is 6.07 Å². The van der Waals surface area contributed by atoms with Gasteiger partial charge in [0.05, 0.1) is 17.7 Å². The van der Waals surface area contributed by atoms with Crippen molar-refractivity contribution in [3.8, 4) is 11.5 Å². The van der Waals surface area contributed by atoms with E-state index in [0.717, 1.165) is 11.1 Å². The van der Waals surface area contributed by atoms with Crippen LogP contribution in [0, 0.1) is 17.0 Å². The van der Waals surface area contributed by atoms with Crippen molar-refractivity contribution in [3.63, 3.8) is 0 Å². The van der Waals surface area contributed by atoms with Crippen LogP contribution < -0.4 is 14.9 Å². The molecule has 0 atom stereocenters. The SMILES string of the molecule is CCOc1cc(/C=N\Nc2ncccc2[N+](=O)[O-])ccc1OCc1ccc(C)cc1.